The highest BCUT2D eigenvalue weighted by Crippen LogP contribution is 2.39. The van der Waals surface area contributed by atoms with Gasteiger partial charge in [-0.05, 0) is 48.6 Å². The standard InChI is InChI=1S/C17H17FO3/c1-2-5-15(18)13(11-6-3-7-11)10-14-12(17(20)21)8-4-9-16(14)19/h2,4-5,8-11,19H,1,3,6-7H2,(H,20,21)/b13-10+,15-5+. The van der Waals surface area contributed by atoms with E-state index in [0.717, 1.165) is 19.3 Å². The Bertz CT molecular complexity index is 625. The molecular formula is C17H17FO3. The van der Waals surface area contributed by atoms with Crippen molar-refractivity contribution < 1.29 is 19.4 Å². The summed E-state index contributed by atoms with van der Waals surface area (Å²) in [6.07, 6.45) is 6.80. The number of aromatic hydroxyl groups is 1. The van der Waals surface area contributed by atoms with Crippen LogP contribution in [0, 0.1) is 5.92 Å². The third-order valence-electron chi connectivity index (χ3n) is 3.70. The Balaban J connectivity index is 2.54. The lowest BCUT2D eigenvalue weighted by Crippen LogP contribution is -2.14. The summed E-state index contributed by atoms with van der Waals surface area (Å²) in [5.41, 5.74) is 0.517. The smallest absolute Gasteiger partial charge is 0.336 e. The minimum absolute atomic E-state index is 0.0433. The van der Waals surface area contributed by atoms with E-state index in [9.17, 15) is 19.4 Å². The maximum Gasteiger partial charge on any atom is 0.336 e. The van der Waals surface area contributed by atoms with Crippen molar-refractivity contribution >= 4 is 12.0 Å². The van der Waals surface area contributed by atoms with Gasteiger partial charge in [-0.15, -0.1) is 0 Å². The highest BCUT2D eigenvalue weighted by Gasteiger charge is 2.25. The lowest BCUT2D eigenvalue weighted by Gasteiger charge is -2.27. The van der Waals surface area contributed by atoms with Crippen LogP contribution in [0.2, 0.25) is 0 Å². The van der Waals surface area contributed by atoms with Gasteiger partial charge in [-0.2, -0.15) is 0 Å². The number of hydrogen-bond donors (Lipinski definition) is 2. The van der Waals surface area contributed by atoms with Crippen molar-refractivity contribution in [1.82, 2.24) is 0 Å². The Hall–Kier alpha value is -2.36. The zero-order valence-corrected chi connectivity index (χ0v) is 11.6. The van der Waals surface area contributed by atoms with Crippen LogP contribution in [0.5, 0.6) is 5.75 Å². The van der Waals surface area contributed by atoms with Crippen molar-refractivity contribution in [3.05, 3.63) is 59.5 Å². The van der Waals surface area contributed by atoms with Crippen LogP contribution < -0.4 is 0 Å². The van der Waals surface area contributed by atoms with E-state index in [0.29, 0.717) is 5.57 Å². The molecule has 0 atom stereocenters. The van der Waals surface area contributed by atoms with Crippen molar-refractivity contribution in [1.29, 1.82) is 0 Å². The Morgan fingerprint density at radius 2 is 2.10 bits per heavy atom. The van der Waals surface area contributed by atoms with Crippen LogP contribution >= 0.6 is 0 Å². The summed E-state index contributed by atoms with van der Waals surface area (Å²) in [6.45, 7) is 3.47. The molecule has 0 spiro atoms. The number of carbonyl (C=O) groups is 1. The zero-order valence-electron chi connectivity index (χ0n) is 11.6. The summed E-state index contributed by atoms with van der Waals surface area (Å²) in [5, 5.41) is 19.1. The van der Waals surface area contributed by atoms with Crippen LogP contribution in [-0.4, -0.2) is 16.2 Å². The number of aromatic carboxylic acids is 1. The first-order valence-corrected chi connectivity index (χ1v) is 6.80. The molecule has 0 radical (unpaired) electrons. The summed E-state index contributed by atoms with van der Waals surface area (Å²) in [6, 6.07) is 4.24. The van der Waals surface area contributed by atoms with Crippen LogP contribution in [0.1, 0.15) is 35.2 Å². The average molecular weight is 288 g/mol. The molecule has 0 aliphatic heterocycles. The van der Waals surface area contributed by atoms with Gasteiger partial charge >= 0.3 is 5.97 Å². The van der Waals surface area contributed by atoms with Crippen LogP contribution in [0.3, 0.4) is 0 Å². The van der Waals surface area contributed by atoms with Gasteiger partial charge in [0.05, 0.1) is 5.56 Å². The maximum absolute atomic E-state index is 14.2. The molecule has 0 heterocycles. The summed E-state index contributed by atoms with van der Waals surface area (Å²) in [5.74, 6) is -1.70. The molecule has 0 bridgehead atoms. The van der Waals surface area contributed by atoms with Gasteiger partial charge in [0.25, 0.3) is 0 Å². The number of allylic oxidation sites excluding steroid dienone is 4. The molecule has 1 saturated carbocycles. The highest BCUT2D eigenvalue weighted by atomic mass is 19.1. The van der Waals surface area contributed by atoms with Gasteiger partial charge in [0, 0.05) is 5.56 Å². The molecule has 0 saturated heterocycles. The van der Waals surface area contributed by atoms with E-state index in [-0.39, 0.29) is 22.8 Å². The molecular weight excluding hydrogens is 271 g/mol. The first kappa shape index (κ1) is 15.0. The molecule has 3 nitrogen and oxygen atoms in total. The van der Waals surface area contributed by atoms with Gasteiger partial charge in [0.1, 0.15) is 11.6 Å². The number of carboxylic acids is 1. The predicted molar refractivity (Wildman–Crippen MR) is 79.8 cm³/mol. The van der Waals surface area contributed by atoms with E-state index in [4.69, 9.17) is 0 Å². The third-order valence-corrected chi connectivity index (χ3v) is 3.70. The summed E-state index contributed by atoms with van der Waals surface area (Å²) < 4.78 is 14.2. The second-order valence-corrected chi connectivity index (χ2v) is 5.02. The van der Waals surface area contributed by atoms with Crippen LogP contribution in [0.15, 0.2) is 48.3 Å². The molecule has 0 aromatic heterocycles. The Labute approximate surface area is 122 Å². The van der Waals surface area contributed by atoms with Crippen molar-refractivity contribution in [3.8, 4) is 5.75 Å². The summed E-state index contributed by atoms with van der Waals surface area (Å²) in [7, 11) is 0. The Kier molecular flexibility index (Phi) is 4.58. The second-order valence-electron chi connectivity index (χ2n) is 5.02. The fraction of sp³-hybridized carbons (Fsp3) is 0.235. The molecule has 1 aliphatic rings. The minimum atomic E-state index is -1.15. The van der Waals surface area contributed by atoms with E-state index >= 15 is 0 Å². The van der Waals surface area contributed by atoms with E-state index in [1.165, 1.54) is 36.4 Å². The molecule has 110 valence electrons. The summed E-state index contributed by atoms with van der Waals surface area (Å²) in [4.78, 5) is 11.2. The van der Waals surface area contributed by atoms with Crippen molar-refractivity contribution in [3.63, 3.8) is 0 Å². The van der Waals surface area contributed by atoms with E-state index in [1.54, 1.807) is 0 Å². The Morgan fingerprint density at radius 3 is 2.62 bits per heavy atom. The molecule has 1 fully saturated rings. The van der Waals surface area contributed by atoms with Crippen LogP contribution in [-0.2, 0) is 0 Å². The number of rotatable bonds is 5. The fourth-order valence-corrected chi connectivity index (χ4v) is 2.35. The number of phenolic OH excluding ortho intramolecular Hbond substituents is 1. The molecule has 4 heteroatoms. The number of carboxylic acid groups (broad SMARTS) is 1. The molecule has 1 aromatic carbocycles. The average Bonchev–Trinajstić information content (AvgIpc) is 2.37. The minimum Gasteiger partial charge on any atom is -0.507 e. The van der Waals surface area contributed by atoms with Crippen molar-refractivity contribution in [2.24, 2.45) is 5.92 Å². The number of benzene rings is 1. The number of hydrogen-bond acceptors (Lipinski definition) is 2. The van der Waals surface area contributed by atoms with E-state index in [2.05, 4.69) is 6.58 Å². The number of phenols is 1. The maximum atomic E-state index is 14.2. The van der Waals surface area contributed by atoms with E-state index < -0.39 is 11.8 Å². The van der Waals surface area contributed by atoms with Gasteiger partial charge in [0.15, 0.2) is 0 Å². The van der Waals surface area contributed by atoms with Gasteiger partial charge in [-0.25, -0.2) is 9.18 Å². The quantitative estimate of drug-likeness (QED) is 0.794. The van der Waals surface area contributed by atoms with Crippen molar-refractivity contribution in [2.45, 2.75) is 19.3 Å². The summed E-state index contributed by atoms with van der Waals surface area (Å²) >= 11 is 0. The first-order chi connectivity index (χ1) is 10.0. The molecule has 1 aliphatic carbocycles. The van der Waals surface area contributed by atoms with Crippen LogP contribution in [0.25, 0.3) is 6.08 Å². The predicted octanol–water partition coefficient (Wildman–Crippen LogP) is 4.31. The number of halogens is 1. The lowest BCUT2D eigenvalue weighted by atomic mass is 9.78. The fourth-order valence-electron chi connectivity index (χ4n) is 2.35. The molecule has 0 amide bonds. The highest BCUT2D eigenvalue weighted by molar-refractivity contribution is 5.93. The Morgan fingerprint density at radius 1 is 1.38 bits per heavy atom. The first-order valence-electron chi connectivity index (χ1n) is 6.80. The van der Waals surface area contributed by atoms with Gasteiger partial charge < -0.3 is 10.2 Å². The molecule has 1 aromatic rings. The normalized spacial score (nSPS) is 16.4. The molecule has 21 heavy (non-hydrogen) atoms. The van der Waals surface area contributed by atoms with Gasteiger partial charge in [-0.1, -0.05) is 25.1 Å². The third kappa shape index (κ3) is 3.21. The monoisotopic (exact) mass is 288 g/mol. The molecule has 0 unspecified atom stereocenters. The molecule has 2 rings (SSSR count). The SMILES string of the molecule is C=C/C=C(F)\C(=C\c1c(O)cccc1C(=O)O)C1CCC1. The van der Waals surface area contributed by atoms with E-state index in [1.807, 2.05) is 0 Å². The second kappa shape index (κ2) is 6.39. The van der Waals surface area contributed by atoms with Gasteiger partial charge in [-0.3, -0.25) is 0 Å². The van der Waals surface area contributed by atoms with Gasteiger partial charge in [0.2, 0.25) is 0 Å². The van der Waals surface area contributed by atoms with Crippen molar-refractivity contribution in [2.75, 3.05) is 0 Å². The van der Waals surface area contributed by atoms with Crippen LogP contribution in [0.4, 0.5) is 4.39 Å². The zero-order chi connectivity index (χ0) is 15.4. The molecule has 2 N–H and O–H groups in total. The topological polar surface area (TPSA) is 57.5 Å². The lowest BCUT2D eigenvalue weighted by molar-refractivity contribution is 0.0696. The largest absolute Gasteiger partial charge is 0.507 e.